The molecule has 194 valence electrons. The van der Waals surface area contributed by atoms with Crippen LogP contribution in [0.4, 0.5) is 0 Å². The van der Waals surface area contributed by atoms with Crippen LogP contribution >= 0.6 is 0 Å². The fourth-order valence-corrected chi connectivity index (χ4v) is 6.69. The molecule has 1 aromatic rings. The number of piperazine rings is 1. The quantitative estimate of drug-likeness (QED) is 0.592. The lowest BCUT2D eigenvalue weighted by Gasteiger charge is -2.45. The van der Waals surface area contributed by atoms with E-state index >= 15 is 0 Å². The number of aliphatic hydroxyl groups is 1. The largest absolute Gasteiger partial charge is 0.509 e. The van der Waals surface area contributed by atoms with E-state index in [4.69, 9.17) is 4.74 Å². The van der Waals surface area contributed by atoms with E-state index in [0.717, 1.165) is 4.31 Å². The van der Waals surface area contributed by atoms with Gasteiger partial charge in [0.1, 0.15) is 29.2 Å². The van der Waals surface area contributed by atoms with Crippen molar-refractivity contribution >= 4 is 27.7 Å². The Bertz CT molecular complexity index is 1260. The zero-order valence-corrected chi connectivity index (χ0v) is 21.4. The number of nitrogens with zero attached hydrogens (tertiary/aromatic N) is 5. The summed E-state index contributed by atoms with van der Waals surface area (Å²) in [6, 6.07) is 6.12. The summed E-state index contributed by atoms with van der Waals surface area (Å²) in [6.07, 6.45) is 0.928. The number of carbonyl (C=O) groups is 2. The fraction of sp³-hybridized carbons (Fsp3) is 0.542. The van der Waals surface area contributed by atoms with Gasteiger partial charge < -0.3 is 19.6 Å². The minimum absolute atomic E-state index is 0.0306. The van der Waals surface area contributed by atoms with Crippen LogP contribution in [0.5, 0.6) is 5.75 Å². The number of aliphatic hydroxyl groups excluding tert-OH is 1. The molecule has 0 aromatic heterocycles. The number of rotatable bonds is 1. The van der Waals surface area contributed by atoms with Gasteiger partial charge in [0.05, 0.1) is 18.9 Å². The normalized spacial score (nSPS) is 28.3. The monoisotopic (exact) mass is 517 g/mol. The highest BCUT2D eigenvalue weighted by molar-refractivity contribution is 7.89. The zero-order valence-electron chi connectivity index (χ0n) is 20.6. The van der Waals surface area contributed by atoms with E-state index in [1.165, 1.54) is 12.1 Å². The van der Waals surface area contributed by atoms with Crippen molar-refractivity contribution in [2.45, 2.75) is 45.3 Å². The Morgan fingerprint density at radius 2 is 1.94 bits per heavy atom. The van der Waals surface area contributed by atoms with Crippen molar-refractivity contribution in [2.24, 2.45) is 11.0 Å². The molecule has 11 nitrogen and oxygen atoms in total. The van der Waals surface area contributed by atoms with Crippen molar-refractivity contribution in [2.75, 3.05) is 32.5 Å². The summed E-state index contributed by atoms with van der Waals surface area (Å²) in [7, 11) is -2.37. The van der Waals surface area contributed by atoms with Crippen LogP contribution in [0.15, 0.2) is 40.8 Å². The molecule has 1 aromatic carbocycles. The molecule has 2 unspecified atom stereocenters. The molecule has 4 aliphatic heterocycles. The third-order valence-electron chi connectivity index (χ3n) is 7.34. The zero-order chi connectivity index (χ0) is 25.8. The van der Waals surface area contributed by atoms with E-state index < -0.39 is 27.9 Å². The molecule has 36 heavy (non-hydrogen) atoms. The van der Waals surface area contributed by atoms with Gasteiger partial charge in [0, 0.05) is 31.7 Å². The highest BCUT2D eigenvalue weighted by atomic mass is 32.2. The van der Waals surface area contributed by atoms with Gasteiger partial charge in [-0.3, -0.25) is 13.9 Å². The molecule has 2 bridgehead atoms. The van der Waals surface area contributed by atoms with Crippen LogP contribution in [0.25, 0.3) is 0 Å². The van der Waals surface area contributed by atoms with Gasteiger partial charge in [-0.25, -0.2) is 13.4 Å². The number of benzene rings is 1. The molecule has 5 rings (SSSR count). The van der Waals surface area contributed by atoms with Gasteiger partial charge in [0.25, 0.3) is 11.8 Å². The van der Waals surface area contributed by atoms with Crippen molar-refractivity contribution < 1.29 is 27.9 Å². The first-order valence-electron chi connectivity index (χ1n) is 12.2. The summed E-state index contributed by atoms with van der Waals surface area (Å²) >= 11 is 0. The van der Waals surface area contributed by atoms with Gasteiger partial charge in [0.15, 0.2) is 5.84 Å². The Morgan fingerprint density at radius 3 is 2.69 bits per heavy atom. The Balaban J connectivity index is 1.66. The second-order valence-electron chi connectivity index (χ2n) is 9.56. The standard InChI is InChI=1S/C24H31N5O6S/c1-4-27-13-15(2)29-19-18(21(30)20(29)24(27)32)23(31)28-14-16-9-5-6-10-17(16)35-11-7-8-12-36(33,34)26(3)22(19)25-28/h5-6,9-10,15,18-19,30H,4,7-8,11-14H2,1-3H3/t15-,18?,19?/m0/s1. The minimum Gasteiger partial charge on any atom is -0.509 e. The molecule has 4 aliphatic rings. The maximum Gasteiger partial charge on any atom is 0.273 e. The maximum absolute atomic E-state index is 13.8. The van der Waals surface area contributed by atoms with Gasteiger partial charge in [0.2, 0.25) is 10.0 Å². The number of fused-ring (bicyclic) bond motifs is 6. The third-order valence-corrected chi connectivity index (χ3v) is 9.16. The Kier molecular flexibility index (Phi) is 6.09. The van der Waals surface area contributed by atoms with Crippen molar-refractivity contribution in [3.63, 3.8) is 0 Å². The van der Waals surface area contributed by atoms with Gasteiger partial charge in [-0.05, 0) is 32.8 Å². The highest BCUT2D eigenvalue weighted by Gasteiger charge is 2.58. The lowest BCUT2D eigenvalue weighted by atomic mass is 9.95. The number of amidine groups is 1. The van der Waals surface area contributed by atoms with Crippen molar-refractivity contribution in [3.8, 4) is 5.75 Å². The number of para-hydroxylation sites is 1. The Hall–Kier alpha value is -3.28. The molecular formula is C24H31N5O6S. The number of sulfonamides is 1. The summed E-state index contributed by atoms with van der Waals surface area (Å²) in [5.74, 6) is -1.77. The van der Waals surface area contributed by atoms with E-state index in [1.807, 2.05) is 32.0 Å². The molecule has 4 heterocycles. The molecule has 12 heteroatoms. The maximum atomic E-state index is 13.8. The van der Waals surface area contributed by atoms with Gasteiger partial charge >= 0.3 is 0 Å². The first-order chi connectivity index (χ1) is 17.2. The van der Waals surface area contributed by atoms with Crippen LogP contribution in [-0.2, 0) is 26.2 Å². The SMILES string of the molecule is CCN1C[C@H](C)N2C(=C(O)C3C(=O)N4Cc5ccccc5OCCCCS(=O)(=O)N(C)C(=N4)C32)C1=O. The molecule has 1 saturated heterocycles. The van der Waals surface area contributed by atoms with Gasteiger partial charge in [-0.2, -0.15) is 5.10 Å². The van der Waals surface area contributed by atoms with E-state index in [2.05, 4.69) is 5.10 Å². The lowest BCUT2D eigenvalue weighted by molar-refractivity contribution is -0.139. The van der Waals surface area contributed by atoms with Crippen LogP contribution in [0.2, 0.25) is 0 Å². The average molecular weight is 518 g/mol. The fourth-order valence-electron chi connectivity index (χ4n) is 5.42. The highest BCUT2D eigenvalue weighted by Crippen LogP contribution is 2.42. The van der Waals surface area contributed by atoms with Crippen LogP contribution in [0.1, 0.15) is 32.3 Å². The van der Waals surface area contributed by atoms with E-state index in [0.29, 0.717) is 43.9 Å². The number of hydrogen-bond acceptors (Lipinski definition) is 8. The van der Waals surface area contributed by atoms with E-state index in [9.17, 15) is 23.1 Å². The summed E-state index contributed by atoms with van der Waals surface area (Å²) < 4.78 is 33.6. The van der Waals surface area contributed by atoms with Crippen molar-refractivity contribution in [1.29, 1.82) is 0 Å². The van der Waals surface area contributed by atoms with E-state index in [-0.39, 0.29) is 41.5 Å². The number of carbonyl (C=O) groups excluding carboxylic acids is 2. The smallest absolute Gasteiger partial charge is 0.273 e. The molecule has 3 atom stereocenters. The van der Waals surface area contributed by atoms with E-state index in [1.54, 1.807) is 15.9 Å². The number of ether oxygens (including phenoxy) is 1. The molecule has 0 aliphatic carbocycles. The molecular weight excluding hydrogens is 486 g/mol. The molecule has 2 amide bonds. The number of amides is 2. The number of hydrogen-bond donors (Lipinski definition) is 1. The first kappa shape index (κ1) is 24.4. The topological polar surface area (TPSA) is 123 Å². The van der Waals surface area contributed by atoms with Crippen molar-refractivity contribution in [3.05, 3.63) is 41.3 Å². The minimum atomic E-state index is -3.79. The van der Waals surface area contributed by atoms with Crippen LogP contribution in [0.3, 0.4) is 0 Å². The number of hydrazone groups is 1. The summed E-state index contributed by atoms with van der Waals surface area (Å²) in [6.45, 7) is 4.96. The second kappa shape index (κ2) is 8.99. The number of likely N-dealkylation sites (N-methyl/N-ethyl adjacent to an activating group) is 2. The Labute approximate surface area is 210 Å². The predicted octanol–water partition coefficient (Wildman–Crippen LogP) is 1.10. The average Bonchev–Trinajstić information content (AvgIpc) is 3.17. The molecule has 0 radical (unpaired) electrons. The molecule has 1 fully saturated rings. The molecule has 0 saturated carbocycles. The summed E-state index contributed by atoms with van der Waals surface area (Å²) in [5.41, 5.74) is 0.755. The lowest BCUT2D eigenvalue weighted by Crippen LogP contribution is -2.62. The second-order valence-corrected chi connectivity index (χ2v) is 11.7. The summed E-state index contributed by atoms with van der Waals surface area (Å²) in [4.78, 5) is 30.3. The van der Waals surface area contributed by atoms with Gasteiger partial charge in [-0.1, -0.05) is 18.2 Å². The Morgan fingerprint density at radius 1 is 1.19 bits per heavy atom. The third kappa shape index (κ3) is 3.78. The van der Waals surface area contributed by atoms with Crippen molar-refractivity contribution in [1.82, 2.24) is 19.1 Å². The van der Waals surface area contributed by atoms with Crippen LogP contribution in [0, 0.1) is 5.92 Å². The predicted molar refractivity (Wildman–Crippen MR) is 131 cm³/mol. The molecule has 1 N–H and O–H groups in total. The molecule has 0 spiro atoms. The first-order valence-corrected chi connectivity index (χ1v) is 13.8. The van der Waals surface area contributed by atoms with Crippen LogP contribution < -0.4 is 4.74 Å². The van der Waals surface area contributed by atoms with Crippen LogP contribution in [-0.4, -0.2) is 94.9 Å². The summed E-state index contributed by atoms with van der Waals surface area (Å²) in [5, 5.41) is 17.0. The van der Waals surface area contributed by atoms with Gasteiger partial charge in [-0.15, -0.1) is 0 Å².